The van der Waals surface area contributed by atoms with Crippen LogP contribution in [-0.2, 0) is 16.1 Å². The van der Waals surface area contributed by atoms with Gasteiger partial charge in [0.25, 0.3) is 0 Å². The Balaban J connectivity index is 0.00000225. The number of hydrogen-bond acceptors (Lipinski definition) is 2. The molecule has 5 heteroatoms. The lowest BCUT2D eigenvalue weighted by Crippen LogP contribution is -3.00. The average Bonchev–Trinajstić information content (AvgIpc) is 2.17. The van der Waals surface area contributed by atoms with Gasteiger partial charge in [-0.2, -0.15) is 0 Å². The molecule has 0 fully saturated rings. The van der Waals surface area contributed by atoms with Crippen LogP contribution in [0.5, 0.6) is 0 Å². The standard InChI is InChI=1S/C11H14ClNO2.ClH/c1-9(14)15-6-5-13-8-10-3-2-4-11(12)7-10;/h2-4,7,13H,5-6,8H2,1H3;1H. The van der Waals surface area contributed by atoms with E-state index in [2.05, 4.69) is 5.32 Å². The first-order valence-corrected chi connectivity index (χ1v) is 5.26. The van der Waals surface area contributed by atoms with E-state index >= 15 is 0 Å². The molecule has 90 valence electrons. The molecule has 0 aliphatic rings. The van der Waals surface area contributed by atoms with Crippen LogP contribution in [0.3, 0.4) is 0 Å². The third-order valence-corrected chi connectivity index (χ3v) is 2.13. The molecular formula is C11H15Cl2NO2. The number of hydrogen-bond donors (Lipinski definition) is 1. The highest BCUT2D eigenvalue weighted by Gasteiger charge is 1.97. The highest BCUT2D eigenvalue weighted by molar-refractivity contribution is 6.30. The molecule has 0 bridgehead atoms. The summed E-state index contributed by atoms with van der Waals surface area (Å²) < 4.78 is 4.81. The normalized spacial score (nSPS) is 9.38. The zero-order valence-electron chi connectivity index (χ0n) is 9.08. The van der Waals surface area contributed by atoms with Crippen LogP contribution in [0, 0.1) is 0 Å². The Kier molecular flexibility index (Phi) is 7.99. The van der Waals surface area contributed by atoms with Gasteiger partial charge in [-0.1, -0.05) is 23.7 Å². The first-order chi connectivity index (χ1) is 7.18. The van der Waals surface area contributed by atoms with Gasteiger partial charge in [-0.25, -0.2) is 0 Å². The summed E-state index contributed by atoms with van der Waals surface area (Å²) in [6.45, 7) is 3.49. The van der Waals surface area contributed by atoms with E-state index in [1.807, 2.05) is 24.3 Å². The number of carbonyl (C=O) groups excluding carboxylic acids is 1. The van der Waals surface area contributed by atoms with Gasteiger partial charge in [-0.15, -0.1) is 0 Å². The minimum atomic E-state index is -0.230. The number of nitrogens with two attached hydrogens (primary N) is 1. The summed E-state index contributed by atoms with van der Waals surface area (Å²) in [5.41, 5.74) is 1.17. The SMILES string of the molecule is CC(=O)OCC[NH2+]Cc1cccc(Cl)c1.[Cl-]. The predicted molar refractivity (Wildman–Crippen MR) is 58.6 cm³/mol. The topological polar surface area (TPSA) is 42.9 Å². The van der Waals surface area contributed by atoms with Crippen LogP contribution < -0.4 is 17.7 Å². The summed E-state index contributed by atoms with van der Waals surface area (Å²) in [4.78, 5) is 10.5. The van der Waals surface area contributed by atoms with Crippen molar-refractivity contribution in [2.24, 2.45) is 0 Å². The Bertz CT molecular complexity index is 332. The lowest BCUT2D eigenvalue weighted by Gasteiger charge is -2.02. The first kappa shape index (κ1) is 15.2. The molecular weight excluding hydrogens is 249 g/mol. The van der Waals surface area contributed by atoms with Gasteiger partial charge in [0.1, 0.15) is 19.7 Å². The van der Waals surface area contributed by atoms with Crippen LogP contribution in [0.25, 0.3) is 0 Å². The fourth-order valence-corrected chi connectivity index (χ4v) is 1.43. The van der Waals surface area contributed by atoms with Crippen molar-refractivity contribution in [3.63, 3.8) is 0 Å². The number of carbonyl (C=O) groups is 1. The average molecular weight is 264 g/mol. The van der Waals surface area contributed by atoms with Gasteiger partial charge in [-0.3, -0.25) is 4.79 Å². The van der Waals surface area contributed by atoms with Crippen LogP contribution in [0.1, 0.15) is 12.5 Å². The molecule has 0 radical (unpaired) electrons. The molecule has 0 spiro atoms. The van der Waals surface area contributed by atoms with Crippen molar-refractivity contribution < 1.29 is 27.3 Å². The number of halogens is 2. The smallest absolute Gasteiger partial charge is 0.302 e. The Hall–Kier alpha value is -0.770. The van der Waals surface area contributed by atoms with Gasteiger partial charge in [0, 0.05) is 17.5 Å². The van der Waals surface area contributed by atoms with E-state index in [4.69, 9.17) is 16.3 Å². The summed E-state index contributed by atoms with van der Waals surface area (Å²) in [7, 11) is 0. The summed E-state index contributed by atoms with van der Waals surface area (Å²) in [6, 6.07) is 7.74. The van der Waals surface area contributed by atoms with Gasteiger partial charge >= 0.3 is 5.97 Å². The van der Waals surface area contributed by atoms with Crippen molar-refractivity contribution in [2.45, 2.75) is 13.5 Å². The van der Waals surface area contributed by atoms with Crippen molar-refractivity contribution in [1.29, 1.82) is 0 Å². The first-order valence-electron chi connectivity index (χ1n) is 4.88. The summed E-state index contributed by atoms with van der Waals surface area (Å²) in [5.74, 6) is -0.230. The Morgan fingerprint density at radius 3 is 2.88 bits per heavy atom. The zero-order valence-corrected chi connectivity index (χ0v) is 10.6. The van der Waals surface area contributed by atoms with Gasteiger partial charge in [0.15, 0.2) is 0 Å². The quantitative estimate of drug-likeness (QED) is 0.492. The number of rotatable bonds is 5. The van der Waals surface area contributed by atoms with Crippen LogP contribution >= 0.6 is 11.6 Å². The second-order valence-corrected chi connectivity index (χ2v) is 3.69. The number of benzene rings is 1. The lowest BCUT2D eigenvalue weighted by molar-refractivity contribution is -0.671. The van der Waals surface area contributed by atoms with Crippen molar-refractivity contribution in [1.82, 2.24) is 0 Å². The fourth-order valence-electron chi connectivity index (χ4n) is 1.22. The van der Waals surface area contributed by atoms with Gasteiger partial charge in [-0.05, 0) is 12.1 Å². The van der Waals surface area contributed by atoms with E-state index in [0.717, 1.165) is 18.1 Å². The van der Waals surface area contributed by atoms with Crippen molar-refractivity contribution in [2.75, 3.05) is 13.2 Å². The minimum Gasteiger partial charge on any atom is -1.00 e. The van der Waals surface area contributed by atoms with Crippen molar-refractivity contribution in [3.8, 4) is 0 Å². The van der Waals surface area contributed by atoms with Gasteiger partial charge in [0.2, 0.25) is 0 Å². The zero-order chi connectivity index (χ0) is 11.1. The number of esters is 1. The molecule has 16 heavy (non-hydrogen) atoms. The third-order valence-electron chi connectivity index (χ3n) is 1.90. The molecule has 2 N–H and O–H groups in total. The maximum absolute atomic E-state index is 10.5. The van der Waals surface area contributed by atoms with E-state index in [9.17, 15) is 4.79 Å². The predicted octanol–water partition coefficient (Wildman–Crippen LogP) is -2.03. The van der Waals surface area contributed by atoms with Gasteiger partial charge < -0.3 is 22.5 Å². The Morgan fingerprint density at radius 2 is 2.25 bits per heavy atom. The largest absolute Gasteiger partial charge is 1.00 e. The second kappa shape index (κ2) is 8.39. The van der Waals surface area contributed by atoms with Crippen molar-refractivity contribution >= 4 is 17.6 Å². The summed E-state index contributed by atoms with van der Waals surface area (Å²) in [6.07, 6.45) is 0. The van der Waals surface area contributed by atoms with Crippen molar-refractivity contribution in [3.05, 3.63) is 34.9 Å². The molecule has 3 nitrogen and oxygen atoms in total. The molecule has 1 rings (SSSR count). The van der Waals surface area contributed by atoms with E-state index in [-0.39, 0.29) is 18.4 Å². The fraction of sp³-hybridized carbons (Fsp3) is 0.364. The van der Waals surface area contributed by atoms with Crippen LogP contribution in [0.4, 0.5) is 0 Å². The Morgan fingerprint density at radius 1 is 1.50 bits per heavy atom. The van der Waals surface area contributed by atoms with E-state index in [1.165, 1.54) is 12.5 Å². The van der Waals surface area contributed by atoms with E-state index < -0.39 is 0 Å². The highest BCUT2D eigenvalue weighted by Crippen LogP contribution is 2.09. The molecule has 0 amide bonds. The molecule has 0 unspecified atom stereocenters. The number of ether oxygens (including phenoxy) is 1. The summed E-state index contributed by atoms with van der Waals surface area (Å²) in [5, 5.41) is 2.83. The molecule has 0 aliphatic carbocycles. The van der Waals surface area contributed by atoms with Crippen LogP contribution in [0.15, 0.2) is 24.3 Å². The maximum Gasteiger partial charge on any atom is 0.302 e. The van der Waals surface area contributed by atoms with E-state index in [1.54, 1.807) is 0 Å². The molecule has 0 aromatic heterocycles. The van der Waals surface area contributed by atoms with Gasteiger partial charge in [0.05, 0.1) is 0 Å². The van der Waals surface area contributed by atoms with Crippen LogP contribution in [0.2, 0.25) is 5.02 Å². The monoisotopic (exact) mass is 263 g/mol. The molecule has 1 aromatic carbocycles. The molecule has 0 atom stereocenters. The molecule has 0 heterocycles. The lowest BCUT2D eigenvalue weighted by atomic mass is 10.2. The summed E-state index contributed by atoms with van der Waals surface area (Å²) >= 11 is 5.84. The molecule has 0 saturated heterocycles. The highest BCUT2D eigenvalue weighted by atomic mass is 35.5. The third kappa shape index (κ3) is 6.67. The second-order valence-electron chi connectivity index (χ2n) is 3.25. The van der Waals surface area contributed by atoms with Crippen LogP contribution in [-0.4, -0.2) is 19.1 Å². The maximum atomic E-state index is 10.5. The molecule has 0 saturated carbocycles. The minimum absolute atomic E-state index is 0. The number of quaternary nitrogens is 1. The van der Waals surface area contributed by atoms with E-state index in [0.29, 0.717) is 6.61 Å². The molecule has 0 aliphatic heterocycles. The Labute approximate surface area is 107 Å². The molecule has 1 aromatic rings.